The third-order valence-electron chi connectivity index (χ3n) is 4.31. The van der Waals surface area contributed by atoms with Gasteiger partial charge in [0.1, 0.15) is 12.4 Å². The Morgan fingerprint density at radius 1 is 1.15 bits per heavy atom. The first-order valence-electron chi connectivity index (χ1n) is 8.92. The molecule has 0 bridgehead atoms. The number of nitrogens with one attached hydrogen (secondary N) is 1. The van der Waals surface area contributed by atoms with Crippen molar-refractivity contribution in [3.63, 3.8) is 0 Å². The van der Waals surface area contributed by atoms with Crippen LogP contribution >= 0.6 is 0 Å². The number of hydrogen-bond acceptors (Lipinski definition) is 4. The number of carbonyl (C=O) groups is 1. The van der Waals surface area contributed by atoms with E-state index in [9.17, 15) is 4.79 Å². The molecule has 0 aliphatic rings. The molecule has 0 heterocycles. The zero-order chi connectivity index (χ0) is 18.9. The summed E-state index contributed by atoms with van der Waals surface area (Å²) in [5, 5.41) is 2.97. The Morgan fingerprint density at radius 2 is 1.88 bits per heavy atom. The molecule has 0 radical (unpaired) electrons. The molecule has 26 heavy (non-hydrogen) atoms. The maximum Gasteiger partial charge on any atom is 0.225 e. The predicted molar refractivity (Wildman–Crippen MR) is 105 cm³/mol. The van der Waals surface area contributed by atoms with E-state index < -0.39 is 0 Å². The van der Waals surface area contributed by atoms with Crippen LogP contribution in [0, 0.1) is 5.92 Å². The Morgan fingerprint density at radius 3 is 2.58 bits per heavy atom. The van der Waals surface area contributed by atoms with Crippen LogP contribution in [0.25, 0.3) is 0 Å². The van der Waals surface area contributed by atoms with Crippen molar-refractivity contribution in [2.45, 2.75) is 19.5 Å². The second kappa shape index (κ2) is 9.94. The van der Waals surface area contributed by atoms with Gasteiger partial charge < -0.3 is 20.7 Å². The fraction of sp³-hybridized carbons (Fsp3) is 0.381. The molecule has 2 unspecified atom stereocenters. The van der Waals surface area contributed by atoms with Crippen LogP contribution in [0.1, 0.15) is 24.1 Å². The Labute approximate surface area is 156 Å². The van der Waals surface area contributed by atoms with Crippen molar-refractivity contribution in [1.82, 2.24) is 10.2 Å². The lowest BCUT2D eigenvalue weighted by Gasteiger charge is -2.20. The molecular weight excluding hydrogens is 326 g/mol. The summed E-state index contributed by atoms with van der Waals surface area (Å²) in [5.74, 6) is 0.449. The van der Waals surface area contributed by atoms with E-state index in [1.807, 2.05) is 75.6 Å². The van der Waals surface area contributed by atoms with E-state index in [1.54, 1.807) is 0 Å². The smallest absolute Gasteiger partial charge is 0.225 e. The van der Waals surface area contributed by atoms with Crippen LogP contribution in [0.15, 0.2) is 54.6 Å². The number of nitrogens with zero attached hydrogens (tertiary/aromatic N) is 1. The van der Waals surface area contributed by atoms with Crippen molar-refractivity contribution >= 4 is 5.91 Å². The summed E-state index contributed by atoms with van der Waals surface area (Å²) in [6, 6.07) is 17.2. The molecule has 3 N–H and O–H groups in total. The standard InChI is InChI=1S/C21H29N3O2/c1-16(20(22)18-9-5-4-6-10-18)21(25)23-15-17-8-7-11-19(14-17)26-13-12-24(2)3/h4-11,14,16,20H,12-13,15,22H2,1-3H3,(H,23,25). The molecule has 2 aromatic carbocycles. The van der Waals surface area contributed by atoms with Gasteiger partial charge in [-0.1, -0.05) is 49.4 Å². The van der Waals surface area contributed by atoms with Gasteiger partial charge in [-0.2, -0.15) is 0 Å². The molecule has 2 rings (SSSR count). The Hall–Kier alpha value is -2.37. The first kappa shape index (κ1) is 19.9. The van der Waals surface area contributed by atoms with Gasteiger partial charge in [-0.15, -0.1) is 0 Å². The summed E-state index contributed by atoms with van der Waals surface area (Å²) in [6.07, 6.45) is 0. The first-order valence-corrected chi connectivity index (χ1v) is 8.92. The quantitative estimate of drug-likeness (QED) is 0.725. The highest BCUT2D eigenvalue weighted by Crippen LogP contribution is 2.19. The largest absolute Gasteiger partial charge is 0.492 e. The molecule has 0 spiro atoms. The van der Waals surface area contributed by atoms with Gasteiger partial charge in [0.25, 0.3) is 0 Å². The lowest BCUT2D eigenvalue weighted by Crippen LogP contribution is -2.35. The molecule has 1 amide bonds. The fourth-order valence-corrected chi connectivity index (χ4v) is 2.57. The van der Waals surface area contributed by atoms with Crippen LogP contribution in [0.3, 0.4) is 0 Å². The monoisotopic (exact) mass is 355 g/mol. The highest BCUT2D eigenvalue weighted by atomic mass is 16.5. The van der Waals surface area contributed by atoms with E-state index in [1.165, 1.54) is 0 Å². The Kier molecular flexibility index (Phi) is 7.63. The van der Waals surface area contributed by atoms with E-state index >= 15 is 0 Å². The van der Waals surface area contributed by atoms with E-state index in [4.69, 9.17) is 10.5 Å². The minimum Gasteiger partial charge on any atom is -0.492 e. The van der Waals surface area contributed by atoms with Crippen molar-refractivity contribution < 1.29 is 9.53 Å². The third-order valence-corrected chi connectivity index (χ3v) is 4.31. The van der Waals surface area contributed by atoms with E-state index in [-0.39, 0.29) is 17.9 Å². The summed E-state index contributed by atoms with van der Waals surface area (Å²) in [5.41, 5.74) is 8.19. The average molecular weight is 355 g/mol. The summed E-state index contributed by atoms with van der Waals surface area (Å²) in [7, 11) is 4.02. The molecule has 0 aromatic heterocycles. The van der Waals surface area contributed by atoms with Crippen LogP contribution in [0.5, 0.6) is 5.75 Å². The Balaban J connectivity index is 1.86. The van der Waals surface area contributed by atoms with Gasteiger partial charge >= 0.3 is 0 Å². The molecule has 0 aliphatic heterocycles. The zero-order valence-corrected chi connectivity index (χ0v) is 15.8. The molecule has 0 saturated carbocycles. The Bertz CT molecular complexity index is 689. The van der Waals surface area contributed by atoms with Gasteiger partial charge in [-0.25, -0.2) is 0 Å². The molecule has 0 saturated heterocycles. The highest BCUT2D eigenvalue weighted by Gasteiger charge is 2.21. The van der Waals surface area contributed by atoms with Crippen LogP contribution in [0.2, 0.25) is 0 Å². The van der Waals surface area contributed by atoms with E-state index in [2.05, 4.69) is 10.2 Å². The highest BCUT2D eigenvalue weighted by molar-refractivity contribution is 5.79. The summed E-state index contributed by atoms with van der Waals surface area (Å²) in [4.78, 5) is 14.5. The van der Waals surface area contributed by atoms with Gasteiger partial charge in [-0.3, -0.25) is 4.79 Å². The van der Waals surface area contributed by atoms with Gasteiger partial charge in [0.15, 0.2) is 0 Å². The molecule has 0 aliphatic carbocycles. The lowest BCUT2D eigenvalue weighted by atomic mass is 9.94. The van der Waals surface area contributed by atoms with Gasteiger partial charge in [0, 0.05) is 19.1 Å². The molecule has 0 fully saturated rings. The molecule has 5 heteroatoms. The van der Waals surface area contributed by atoms with Crippen molar-refractivity contribution in [1.29, 1.82) is 0 Å². The molecule has 5 nitrogen and oxygen atoms in total. The van der Waals surface area contributed by atoms with Crippen molar-refractivity contribution in [3.05, 3.63) is 65.7 Å². The number of ether oxygens (including phenoxy) is 1. The van der Waals surface area contributed by atoms with Crippen LogP contribution < -0.4 is 15.8 Å². The summed E-state index contributed by atoms with van der Waals surface area (Å²) >= 11 is 0. The normalized spacial score (nSPS) is 13.3. The minimum atomic E-state index is -0.322. The lowest BCUT2D eigenvalue weighted by molar-refractivity contribution is -0.125. The SMILES string of the molecule is CC(C(=O)NCc1cccc(OCCN(C)C)c1)C(N)c1ccccc1. The maximum atomic E-state index is 12.4. The average Bonchev–Trinajstić information content (AvgIpc) is 2.65. The number of amides is 1. The summed E-state index contributed by atoms with van der Waals surface area (Å²) in [6.45, 7) is 3.80. The van der Waals surface area contributed by atoms with E-state index in [0.717, 1.165) is 23.4 Å². The van der Waals surface area contributed by atoms with Gasteiger partial charge in [0.2, 0.25) is 5.91 Å². The van der Waals surface area contributed by atoms with Crippen molar-refractivity contribution in [3.8, 4) is 5.75 Å². The van der Waals surface area contributed by atoms with Gasteiger partial charge in [0.05, 0.1) is 5.92 Å². The summed E-state index contributed by atoms with van der Waals surface area (Å²) < 4.78 is 5.73. The molecular formula is C21H29N3O2. The zero-order valence-electron chi connectivity index (χ0n) is 15.8. The number of hydrogen-bond donors (Lipinski definition) is 2. The number of rotatable bonds is 9. The molecule has 140 valence electrons. The number of nitrogens with two attached hydrogens (primary N) is 1. The number of carbonyl (C=O) groups excluding carboxylic acids is 1. The number of benzene rings is 2. The van der Waals surface area contributed by atoms with Crippen molar-refractivity contribution in [2.24, 2.45) is 11.7 Å². The molecule has 2 aromatic rings. The topological polar surface area (TPSA) is 67.6 Å². The first-order chi connectivity index (χ1) is 12.5. The second-order valence-corrected chi connectivity index (χ2v) is 6.74. The van der Waals surface area contributed by atoms with Crippen LogP contribution in [-0.2, 0) is 11.3 Å². The molecule has 2 atom stereocenters. The predicted octanol–water partition coefficient (Wildman–Crippen LogP) is 2.58. The number of likely N-dealkylation sites (N-methyl/N-ethyl adjacent to an activating group) is 1. The second-order valence-electron chi connectivity index (χ2n) is 6.74. The van der Waals surface area contributed by atoms with E-state index in [0.29, 0.717) is 13.2 Å². The maximum absolute atomic E-state index is 12.4. The minimum absolute atomic E-state index is 0.0553. The third kappa shape index (κ3) is 6.17. The van der Waals surface area contributed by atoms with Crippen molar-refractivity contribution in [2.75, 3.05) is 27.2 Å². The van der Waals surface area contributed by atoms with Gasteiger partial charge in [-0.05, 0) is 37.4 Å². The van der Waals surface area contributed by atoms with Crippen LogP contribution in [0.4, 0.5) is 0 Å². The fourth-order valence-electron chi connectivity index (χ4n) is 2.57. The van der Waals surface area contributed by atoms with Crippen LogP contribution in [-0.4, -0.2) is 38.1 Å².